The first-order chi connectivity index (χ1) is 13.5. The van der Waals surface area contributed by atoms with Gasteiger partial charge in [0.05, 0.1) is 12.1 Å². The molecule has 0 aliphatic carbocycles. The Labute approximate surface area is 169 Å². The van der Waals surface area contributed by atoms with Crippen LogP contribution in [0.4, 0.5) is 0 Å². The zero-order chi connectivity index (χ0) is 19.7. The van der Waals surface area contributed by atoms with Crippen molar-refractivity contribution in [1.82, 2.24) is 4.98 Å². The van der Waals surface area contributed by atoms with Gasteiger partial charge in [0.25, 0.3) is 0 Å². The number of esters is 1. The second-order valence-corrected chi connectivity index (χ2v) is 7.50. The van der Waals surface area contributed by atoms with Crippen molar-refractivity contribution in [2.75, 3.05) is 0 Å². The number of aryl methyl sites for hydroxylation is 1. The molecule has 0 N–H and O–H groups in total. The molecular weight excluding hydrogens is 398 g/mol. The highest BCUT2D eigenvalue weighted by Gasteiger charge is 2.12. The fraction of sp³-hybridized carbons (Fsp3) is 0.0952. The molecule has 0 bridgehead atoms. The van der Waals surface area contributed by atoms with E-state index in [1.807, 2.05) is 24.4 Å². The highest BCUT2D eigenvalue weighted by atomic mass is 35.5. The smallest absolute Gasteiger partial charge is 0.336 e. The van der Waals surface area contributed by atoms with E-state index in [0.717, 1.165) is 21.5 Å². The molecule has 7 heteroatoms. The molecule has 5 nitrogen and oxygen atoms in total. The van der Waals surface area contributed by atoms with E-state index in [1.165, 1.54) is 17.4 Å². The van der Waals surface area contributed by atoms with E-state index in [9.17, 15) is 9.59 Å². The lowest BCUT2D eigenvalue weighted by molar-refractivity contribution is -0.133. The molecule has 4 aromatic rings. The first-order valence-corrected chi connectivity index (χ1v) is 9.69. The maximum atomic E-state index is 12.3. The Bertz CT molecular complexity index is 1230. The molecule has 0 aliphatic heterocycles. The summed E-state index contributed by atoms with van der Waals surface area (Å²) in [7, 11) is 0. The van der Waals surface area contributed by atoms with Gasteiger partial charge in [-0.2, -0.15) is 0 Å². The van der Waals surface area contributed by atoms with Crippen LogP contribution in [0.3, 0.4) is 0 Å². The molecule has 140 valence electrons. The van der Waals surface area contributed by atoms with Gasteiger partial charge < -0.3 is 9.15 Å². The highest BCUT2D eigenvalue weighted by molar-refractivity contribution is 7.13. The Kier molecular flexibility index (Phi) is 4.98. The lowest BCUT2D eigenvalue weighted by atomic mass is 10.1. The highest BCUT2D eigenvalue weighted by Crippen LogP contribution is 2.26. The average Bonchev–Trinajstić information content (AvgIpc) is 3.10. The van der Waals surface area contributed by atoms with Crippen LogP contribution in [0.5, 0.6) is 5.75 Å². The Hall–Kier alpha value is -2.96. The zero-order valence-electron chi connectivity index (χ0n) is 14.8. The van der Waals surface area contributed by atoms with Crippen LogP contribution in [0.2, 0.25) is 5.02 Å². The number of nitrogens with zero attached hydrogens (tertiary/aromatic N) is 1. The summed E-state index contributed by atoms with van der Waals surface area (Å²) in [5.74, 6) is -0.123. The quantitative estimate of drug-likeness (QED) is 0.268. The summed E-state index contributed by atoms with van der Waals surface area (Å²) in [6, 6.07) is 13.8. The van der Waals surface area contributed by atoms with E-state index in [0.29, 0.717) is 22.0 Å². The largest absolute Gasteiger partial charge is 0.426 e. The lowest BCUT2D eigenvalue weighted by Gasteiger charge is -2.05. The van der Waals surface area contributed by atoms with Gasteiger partial charge in [0, 0.05) is 33.5 Å². The normalized spacial score (nSPS) is 10.9. The number of fused-ring (bicyclic) bond motifs is 1. The minimum Gasteiger partial charge on any atom is -0.426 e. The SMILES string of the molecule is Cc1cc(=O)oc2cc(OC(=O)Cc3csc(-c4ccc(Cl)cc4)n3)ccc12. The third-order valence-electron chi connectivity index (χ3n) is 4.12. The van der Waals surface area contributed by atoms with Gasteiger partial charge in [0.2, 0.25) is 0 Å². The number of aromatic nitrogens is 1. The van der Waals surface area contributed by atoms with Gasteiger partial charge in [-0.15, -0.1) is 11.3 Å². The average molecular weight is 412 g/mol. The van der Waals surface area contributed by atoms with Crippen molar-refractivity contribution in [2.24, 2.45) is 0 Å². The summed E-state index contributed by atoms with van der Waals surface area (Å²) in [4.78, 5) is 28.3. The maximum Gasteiger partial charge on any atom is 0.336 e. The van der Waals surface area contributed by atoms with Crippen LogP contribution in [0.1, 0.15) is 11.3 Å². The van der Waals surface area contributed by atoms with Crippen molar-refractivity contribution < 1.29 is 13.9 Å². The first-order valence-electron chi connectivity index (χ1n) is 8.43. The molecule has 0 atom stereocenters. The summed E-state index contributed by atoms with van der Waals surface area (Å²) in [6.07, 6.45) is 0.0416. The molecule has 0 unspecified atom stereocenters. The second kappa shape index (κ2) is 7.58. The number of halogens is 1. The van der Waals surface area contributed by atoms with Crippen LogP contribution in [0, 0.1) is 6.92 Å². The number of hydrogen-bond donors (Lipinski definition) is 0. The molecule has 28 heavy (non-hydrogen) atoms. The van der Waals surface area contributed by atoms with Crippen LogP contribution in [-0.4, -0.2) is 11.0 Å². The fourth-order valence-corrected chi connectivity index (χ4v) is 3.75. The molecule has 2 heterocycles. The topological polar surface area (TPSA) is 69.4 Å². The van der Waals surface area contributed by atoms with Gasteiger partial charge in [-0.05, 0) is 36.8 Å². The van der Waals surface area contributed by atoms with Crippen molar-refractivity contribution in [3.8, 4) is 16.3 Å². The van der Waals surface area contributed by atoms with E-state index in [1.54, 1.807) is 30.3 Å². The van der Waals surface area contributed by atoms with E-state index >= 15 is 0 Å². The number of benzene rings is 2. The first kappa shape index (κ1) is 18.4. The zero-order valence-corrected chi connectivity index (χ0v) is 16.3. The molecule has 0 aliphatic rings. The molecule has 0 radical (unpaired) electrons. The third-order valence-corrected chi connectivity index (χ3v) is 5.32. The van der Waals surface area contributed by atoms with Crippen LogP contribution >= 0.6 is 22.9 Å². The number of thiazole rings is 1. The number of hydrogen-bond acceptors (Lipinski definition) is 6. The fourth-order valence-electron chi connectivity index (χ4n) is 2.80. The third kappa shape index (κ3) is 3.98. The lowest BCUT2D eigenvalue weighted by Crippen LogP contribution is -2.11. The van der Waals surface area contributed by atoms with Crippen LogP contribution in [0.15, 0.2) is 63.1 Å². The molecule has 4 rings (SSSR count). The van der Waals surface area contributed by atoms with Crippen LogP contribution in [-0.2, 0) is 11.2 Å². The molecular formula is C21H14ClNO4S. The van der Waals surface area contributed by atoms with Crippen LogP contribution < -0.4 is 10.4 Å². The predicted molar refractivity (Wildman–Crippen MR) is 109 cm³/mol. The number of ether oxygens (including phenoxy) is 1. The Balaban J connectivity index is 1.48. The summed E-state index contributed by atoms with van der Waals surface area (Å²) in [5, 5.41) is 4.09. The van der Waals surface area contributed by atoms with Gasteiger partial charge in [-0.25, -0.2) is 9.78 Å². The molecule has 0 saturated heterocycles. The van der Waals surface area contributed by atoms with Gasteiger partial charge >= 0.3 is 11.6 Å². The van der Waals surface area contributed by atoms with E-state index < -0.39 is 11.6 Å². The standard InChI is InChI=1S/C21H14ClNO4S/c1-12-8-19(24)27-18-10-16(6-7-17(12)18)26-20(25)9-15-11-28-21(23-15)13-2-4-14(22)5-3-13/h2-8,10-11H,9H2,1H3. The van der Waals surface area contributed by atoms with Gasteiger partial charge in [-0.3, -0.25) is 4.79 Å². The summed E-state index contributed by atoms with van der Waals surface area (Å²) in [5.41, 5.74) is 2.32. The Morgan fingerprint density at radius 3 is 2.75 bits per heavy atom. The minimum atomic E-state index is -0.442. The minimum absolute atomic E-state index is 0.0416. The van der Waals surface area contributed by atoms with Gasteiger partial charge in [0.15, 0.2) is 0 Å². The molecule has 0 fully saturated rings. The van der Waals surface area contributed by atoms with Crippen molar-refractivity contribution in [2.45, 2.75) is 13.3 Å². The maximum absolute atomic E-state index is 12.3. The Morgan fingerprint density at radius 2 is 1.96 bits per heavy atom. The van der Waals surface area contributed by atoms with Crippen molar-refractivity contribution in [3.05, 3.63) is 80.6 Å². The summed E-state index contributed by atoms with van der Waals surface area (Å²) >= 11 is 7.35. The monoisotopic (exact) mass is 411 g/mol. The van der Waals surface area contributed by atoms with E-state index in [4.69, 9.17) is 20.8 Å². The predicted octanol–water partition coefficient (Wildman–Crippen LogP) is 5.03. The second-order valence-electron chi connectivity index (χ2n) is 6.21. The van der Waals surface area contributed by atoms with Crippen LogP contribution in [0.25, 0.3) is 21.5 Å². The molecule has 2 aromatic carbocycles. The van der Waals surface area contributed by atoms with Gasteiger partial charge in [-0.1, -0.05) is 23.7 Å². The van der Waals surface area contributed by atoms with E-state index in [-0.39, 0.29) is 6.42 Å². The number of rotatable bonds is 4. The molecule has 0 saturated carbocycles. The van der Waals surface area contributed by atoms with Crippen molar-refractivity contribution in [3.63, 3.8) is 0 Å². The molecule has 0 spiro atoms. The van der Waals surface area contributed by atoms with Crippen molar-refractivity contribution >= 4 is 39.9 Å². The number of carbonyl (C=O) groups is 1. The Morgan fingerprint density at radius 1 is 1.18 bits per heavy atom. The van der Waals surface area contributed by atoms with Gasteiger partial charge in [0.1, 0.15) is 16.3 Å². The van der Waals surface area contributed by atoms with E-state index in [2.05, 4.69) is 4.98 Å². The summed E-state index contributed by atoms with van der Waals surface area (Å²) in [6.45, 7) is 1.82. The van der Waals surface area contributed by atoms with Crippen molar-refractivity contribution in [1.29, 1.82) is 0 Å². The molecule has 0 amide bonds. The number of carbonyl (C=O) groups excluding carboxylic acids is 1. The molecule has 2 aromatic heterocycles. The summed E-state index contributed by atoms with van der Waals surface area (Å²) < 4.78 is 10.6.